The third-order valence-corrected chi connectivity index (χ3v) is 6.44. The standard InChI is InChI=1S/C24H23ClF2N6O2/c1-13(26)33-11-15(10-28-33)20-12-32(6-7-35-20)21-9-19-22(24(34)31(3)14(2)29-19)23(30-21)17-5-4-16(25)8-18(17)27/h4-5,8-11,13,20H,6-7,12H2,1-3H3/t13-,20-/m1/s1. The van der Waals surface area contributed by atoms with Crippen molar-refractivity contribution in [1.29, 1.82) is 0 Å². The van der Waals surface area contributed by atoms with Crippen LogP contribution in [0.1, 0.15) is 30.7 Å². The number of aromatic nitrogens is 5. The second-order valence-corrected chi connectivity index (χ2v) is 8.94. The van der Waals surface area contributed by atoms with Crippen LogP contribution in [-0.2, 0) is 11.8 Å². The highest BCUT2D eigenvalue weighted by Crippen LogP contribution is 2.33. The minimum atomic E-state index is -1.25. The maximum Gasteiger partial charge on any atom is 0.263 e. The molecule has 11 heteroatoms. The van der Waals surface area contributed by atoms with Gasteiger partial charge in [-0.05, 0) is 32.0 Å². The highest BCUT2D eigenvalue weighted by Gasteiger charge is 2.27. The number of alkyl halides is 1. The minimum absolute atomic E-state index is 0.159. The lowest BCUT2D eigenvalue weighted by Gasteiger charge is -2.33. The van der Waals surface area contributed by atoms with Crippen molar-refractivity contribution in [3.05, 3.63) is 69.2 Å². The van der Waals surface area contributed by atoms with Crippen molar-refractivity contribution < 1.29 is 13.5 Å². The zero-order valence-electron chi connectivity index (χ0n) is 19.4. The van der Waals surface area contributed by atoms with Crippen molar-refractivity contribution in [1.82, 2.24) is 24.3 Å². The van der Waals surface area contributed by atoms with E-state index in [1.807, 2.05) is 4.90 Å². The summed E-state index contributed by atoms with van der Waals surface area (Å²) in [5, 5.41) is 4.53. The predicted octanol–water partition coefficient (Wildman–Crippen LogP) is 4.36. The second kappa shape index (κ2) is 9.01. The molecule has 0 bridgehead atoms. The molecule has 0 radical (unpaired) electrons. The van der Waals surface area contributed by atoms with Gasteiger partial charge in [0.05, 0.1) is 29.4 Å². The molecule has 35 heavy (non-hydrogen) atoms. The highest BCUT2D eigenvalue weighted by molar-refractivity contribution is 6.30. The molecule has 3 aromatic heterocycles. The predicted molar refractivity (Wildman–Crippen MR) is 129 cm³/mol. The first kappa shape index (κ1) is 23.4. The lowest BCUT2D eigenvalue weighted by Crippen LogP contribution is -2.39. The molecule has 4 heterocycles. The number of ether oxygens (including phenoxy) is 1. The SMILES string of the molecule is Cc1nc2cc(N3CCO[C@@H](c4cnn([C@H](C)F)c4)C3)nc(-c3ccc(Cl)cc3F)c2c(=O)n1C. The maximum atomic E-state index is 15.0. The molecule has 0 saturated carbocycles. The number of pyridine rings is 1. The number of anilines is 1. The van der Waals surface area contributed by atoms with Gasteiger partial charge in [-0.25, -0.2) is 23.4 Å². The molecule has 5 rings (SSSR count). The van der Waals surface area contributed by atoms with Crippen LogP contribution in [0.4, 0.5) is 14.6 Å². The van der Waals surface area contributed by atoms with E-state index in [0.717, 1.165) is 5.56 Å². The molecule has 8 nitrogen and oxygen atoms in total. The smallest absolute Gasteiger partial charge is 0.263 e. The molecule has 1 saturated heterocycles. The van der Waals surface area contributed by atoms with E-state index in [-0.39, 0.29) is 33.3 Å². The van der Waals surface area contributed by atoms with E-state index >= 15 is 0 Å². The molecule has 0 amide bonds. The van der Waals surface area contributed by atoms with Crippen molar-refractivity contribution in [2.24, 2.45) is 7.05 Å². The Labute approximate surface area is 204 Å². The average Bonchev–Trinajstić information content (AvgIpc) is 3.33. The molecule has 2 atom stereocenters. The molecule has 1 fully saturated rings. The molecule has 1 aromatic carbocycles. The minimum Gasteiger partial charge on any atom is -0.370 e. The number of nitrogens with zero attached hydrogens (tertiary/aromatic N) is 6. The van der Waals surface area contributed by atoms with E-state index in [9.17, 15) is 13.6 Å². The summed E-state index contributed by atoms with van der Waals surface area (Å²) in [4.78, 5) is 24.5. The van der Waals surface area contributed by atoms with Gasteiger partial charge in [0.1, 0.15) is 23.6 Å². The summed E-state index contributed by atoms with van der Waals surface area (Å²) in [5.74, 6) is 0.468. The monoisotopic (exact) mass is 500 g/mol. The van der Waals surface area contributed by atoms with Crippen LogP contribution in [0, 0.1) is 12.7 Å². The number of halogens is 3. The molecule has 0 aliphatic carbocycles. The van der Waals surface area contributed by atoms with E-state index in [4.69, 9.17) is 21.3 Å². The third-order valence-electron chi connectivity index (χ3n) is 6.21. The first-order chi connectivity index (χ1) is 16.7. The zero-order valence-corrected chi connectivity index (χ0v) is 20.1. The number of hydrogen-bond donors (Lipinski definition) is 0. The largest absolute Gasteiger partial charge is 0.370 e. The summed E-state index contributed by atoms with van der Waals surface area (Å²) in [5.41, 5.74) is 1.20. The van der Waals surface area contributed by atoms with E-state index < -0.39 is 12.1 Å². The van der Waals surface area contributed by atoms with E-state index in [1.54, 1.807) is 38.5 Å². The topological polar surface area (TPSA) is 78.1 Å². The lowest BCUT2D eigenvalue weighted by atomic mass is 10.1. The first-order valence-corrected chi connectivity index (χ1v) is 11.5. The molecule has 0 N–H and O–H groups in total. The summed E-state index contributed by atoms with van der Waals surface area (Å²) in [6, 6.07) is 5.99. The highest BCUT2D eigenvalue weighted by atomic mass is 35.5. The van der Waals surface area contributed by atoms with Crippen molar-refractivity contribution in [2.75, 3.05) is 24.6 Å². The van der Waals surface area contributed by atoms with Crippen molar-refractivity contribution in [3.8, 4) is 11.3 Å². The molecule has 4 aromatic rings. The van der Waals surface area contributed by atoms with Gasteiger partial charge in [-0.3, -0.25) is 9.36 Å². The summed E-state index contributed by atoms with van der Waals surface area (Å²) in [6.45, 7) is 4.47. The van der Waals surface area contributed by atoms with Gasteiger partial charge in [0, 0.05) is 48.5 Å². The summed E-state index contributed by atoms with van der Waals surface area (Å²) < 4.78 is 37.2. The molecule has 182 valence electrons. The molecule has 1 aliphatic heterocycles. The maximum absolute atomic E-state index is 15.0. The fourth-order valence-corrected chi connectivity index (χ4v) is 4.35. The first-order valence-electron chi connectivity index (χ1n) is 11.1. The Morgan fingerprint density at radius 1 is 1.26 bits per heavy atom. The van der Waals surface area contributed by atoms with Crippen LogP contribution in [-0.4, -0.2) is 44.0 Å². The van der Waals surface area contributed by atoms with Crippen LogP contribution in [0.5, 0.6) is 0 Å². The van der Waals surface area contributed by atoms with Crippen molar-refractivity contribution in [2.45, 2.75) is 26.2 Å². The van der Waals surface area contributed by atoms with E-state index in [1.165, 1.54) is 28.3 Å². The Morgan fingerprint density at radius 2 is 2.06 bits per heavy atom. The van der Waals surface area contributed by atoms with Gasteiger partial charge < -0.3 is 9.64 Å². The van der Waals surface area contributed by atoms with Gasteiger partial charge in [-0.2, -0.15) is 5.10 Å². The molecule has 1 aliphatic rings. The van der Waals surface area contributed by atoms with Gasteiger partial charge in [0.2, 0.25) is 0 Å². The Morgan fingerprint density at radius 3 is 2.77 bits per heavy atom. The number of morpholine rings is 1. The average molecular weight is 501 g/mol. The quantitative estimate of drug-likeness (QED) is 0.414. The normalized spacial score (nSPS) is 17.2. The van der Waals surface area contributed by atoms with E-state index in [2.05, 4.69) is 10.1 Å². The Bertz CT molecular complexity index is 1490. The third kappa shape index (κ3) is 4.28. The van der Waals surface area contributed by atoms with Gasteiger partial charge in [-0.1, -0.05) is 11.6 Å². The van der Waals surface area contributed by atoms with Crippen LogP contribution in [0.2, 0.25) is 5.02 Å². The number of aryl methyl sites for hydroxylation is 1. The molecular weight excluding hydrogens is 478 g/mol. The summed E-state index contributed by atoms with van der Waals surface area (Å²) in [7, 11) is 1.62. The van der Waals surface area contributed by atoms with Crippen molar-refractivity contribution in [3.63, 3.8) is 0 Å². The van der Waals surface area contributed by atoms with Crippen LogP contribution < -0.4 is 10.5 Å². The van der Waals surface area contributed by atoms with E-state index in [0.29, 0.717) is 36.9 Å². The zero-order chi connectivity index (χ0) is 24.9. The fourth-order valence-electron chi connectivity index (χ4n) is 4.19. The summed E-state index contributed by atoms with van der Waals surface area (Å²) in [6.07, 6.45) is 1.60. The van der Waals surface area contributed by atoms with Crippen LogP contribution in [0.15, 0.2) is 41.5 Å². The molecular formula is C24H23ClF2N6O2. The number of hydrogen-bond acceptors (Lipinski definition) is 6. The second-order valence-electron chi connectivity index (χ2n) is 8.50. The Balaban J connectivity index is 1.62. The Kier molecular flexibility index (Phi) is 6.02. The van der Waals surface area contributed by atoms with Gasteiger partial charge in [0.15, 0.2) is 6.30 Å². The van der Waals surface area contributed by atoms with Gasteiger partial charge in [-0.15, -0.1) is 0 Å². The Hall–Kier alpha value is -3.37. The van der Waals surface area contributed by atoms with Gasteiger partial charge >= 0.3 is 0 Å². The number of rotatable bonds is 4. The van der Waals surface area contributed by atoms with Gasteiger partial charge in [0.25, 0.3) is 5.56 Å². The van der Waals surface area contributed by atoms with Crippen LogP contribution in [0.3, 0.4) is 0 Å². The summed E-state index contributed by atoms with van der Waals surface area (Å²) >= 11 is 5.96. The van der Waals surface area contributed by atoms with Crippen LogP contribution >= 0.6 is 11.6 Å². The molecule has 0 unspecified atom stereocenters. The fraction of sp³-hybridized carbons (Fsp3) is 0.333. The molecule has 0 spiro atoms. The van der Waals surface area contributed by atoms with Crippen molar-refractivity contribution >= 4 is 28.3 Å². The lowest BCUT2D eigenvalue weighted by molar-refractivity contribution is 0.0394. The number of benzene rings is 1. The van der Waals surface area contributed by atoms with Crippen LogP contribution in [0.25, 0.3) is 22.2 Å². The number of fused-ring (bicyclic) bond motifs is 1.